The van der Waals surface area contributed by atoms with Gasteiger partial charge in [-0.25, -0.2) is 0 Å². The maximum atomic E-state index is 12.6. The molecule has 1 aromatic heterocycles. The molecule has 0 amide bonds. The molecule has 0 N–H and O–H groups in total. The van der Waals surface area contributed by atoms with Crippen molar-refractivity contribution in [3.8, 4) is 0 Å². The Morgan fingerprint density at radius 1 is 1.08 bits per heavy atom. The molecule has 0 aliphatic rings. The number of nitrogens with zero attached hydrogens (tertiary/aromatic N) is 3. The van der Waals surface area contributed by atoms with Crippen LogP contribution in [0.5, 0.6) is 0 Å². The summed E-state index contributed by atoms with van der Waals surface area (Å²) in [6, 6.07) is 13.5. The minimum absolute atomic E-state index is 0.0509. The van der Waals surface area contributed by atoms with Crippen molar-refractivity contribution in [2.75, 3.05) is 7.05 Å². The van der Waals surface area contributed by atoms with Gasteiger partial charge in [-0.3, -0.25) is 4.90 Å². The summed E-state index contributed by atoms with van der Waals surface area (Å²) in [5, 5.41) is 8.84. The van der Waals surface area contributed by atoms with Crippen LogP contribution in [0.2, 0.25) is 0 Å². The molecule has 3 rings (SSSR count). The normalized spacial score (nSPS) is 13.6. The van der Waals surface area contributed by atoms with Gasteiger partial charge in [-0.05, 0) is 30.3 Å². The molecule has 0 aliphatic carbocycles. The molecule has 0 aliphatic heterocycles. The molecule has 126 valence electrons. The van der Waals surface area contributed by atoms with Gasteiger partial charge >= 0.3 is 12.1 Å². The first-order valence-corrected chi connectivity index (χ1v) is 7.43. The monoisotopic (exact) mass is 335 g/mol. The van der Waals surface area contributed by atoms with Gasteiger partial charge in [0.1, 0.15) is 0 Å². The lowest BCUT2D eigenvalue weighted by Gasteiger charge is -2.22. The predicted octanol–water partition coefficient (Wildman–Crippen LogP) is 4.43. The molecular formula is C17H16F3N3O. The van der Waals surface area contributed by atoms with Gasteiger partial charge in [0, 0.05) is 6.54 Å². The summed E-state index contributed by atoms with van der Waals surface area (Å²) in [6.45, 7) is 2.28. The summed E-state index contributed by atoms with van der Waals surface area (Å²) in [5.41, 5.74) is 1.08. The molecule has 4 nitrogen and oxygen atoms in total. The van der Waals surface area contributed by atoms with Crippen molar-refractivity contribution in [3.05, 3.63) is 59.8 Å². The Hall–Kier alpha value is -2.41. The van der Waals surface area contributed by atoms with E-state index in [1.165, 1.54) is 0 Å². The number of hydrogen-bond acceptors (Lipinski definition) is 4. The molecule has 0 radical (unpaired) electrons. The molecular weight excluding hydrogens is 319 g/mol. The van der Waals surface area contributed by atoms with Crippen LogP contribution in [0.1, 0.15) is 30.3 Å². The van der Waals surface area contributed by atoms with Crippen LogP contribution in [-0.2, 0) is 12.7 Å². The lowest BCUT2D eigenvalue weighted by atomic mass is 10.0. The third-order valence-corrected chi connectivity index (χ3v) is 4.00. The molecule has 3 aromatic rings. The number of aromatic nitrogens is 2. The number of alkyl halides is 3. The minimum Gasteiger partial charge on any atom is -0.416 e. The van der Waals surface area contributed by atoms with Gasteiger partial charge < -0.3 is 4.42 Å². The molecule has 2 aromatic carbocycles. The largest absolute Gasteiger partial charge is 0.470 e. The molecule has 7 heteroatoms. The molecule has 0 saturated carbocycles. The van der Waals surface area contributed by atoms with Crippen molar-refractivity contribution in [2.24, 2.45) is 0 Å². The predicted molar refractivity (Wildman–Crippen MR) is 83.1 cm³/mol. The number of benzene rings is 2. The highest BCUT2D eigenvalue weighted by Gasteiger charge is 2.38. The summed E-state index contributed by atoms with van der Waals surface area (Å²) in [4.78, 5) is 1.87. The highest BCUT2D eigenvalue weighted by molar-refractivity contribution is 5.85. The van der Waals surface area contributed by atoms with E-state index in [0.29, 0.717) is 6.54 Å². The molecule has 0 fully saturated rings. The first-order chi connectivity index (χ1) is 11.4. The number of hydrogen-bond donors (Lipinski definition) is 0. The van der Waals surface area contributed by atoms with E-state index in [2.05, 4.69) is 10.2 Å². The highest BCUT2D eigenvalue weighted by atomic mass is 19.4. The minimum atomic E-state index is -4.63. The molecule has 0 spiro atoms. The van der Waals surface area contributed by atoms with E-state index < -0.39 is 18.1 Å². The van der Waals surface area contributed by atoms with E-state index in [-0.39, 0.29) is 5.89 Å². The molecule has 24 heavy (non-hydrogen) atoms. The van der Waals surface area contributed by atoms with Gasteiger partial charge in [0.25, 0.3) is 0 Å². The number of rotatable bonds is 4. The van der Waals surface area contributed by atoms with E-state index in [0.717, 1.165) is 16.3 Å². The first kappa shape index (κ1) is 16.4. The second kappa shape index (κ2) is 6.24. The average molecular weight is 335 g/mol. The SMILES string of the molecule is CC(c1nnc(C(F)(F)F)o1)N(C)Cc1cccc2ccccc12. The topological polar surface area (TPSA) is 42.2 Å². The number of fused-ring (bicyclic) bond motifs is 1. The summed E-state index contributed by atoms with van der Waals surface area (Å²) in [7, 11) is 1.81. The van der Waals surface area contributed by atoms with Crippen LogP contribution in [-0.4, -0.2) is 22.1 Å². The van der Waals surface area contributed by atoms with Crippen molar-refractivity contribution >= 4 is 10.8 Å². The van der Waals surface area contributed by atoms with Crippen LogP contribution >= 0.6 is 0 Å². The van der Waals surface area contributed by atoms with Gasteiger partial charge in [0.05, 0.1) is 6.04 Å². The van der Waals surface area contributed by atoms with Crippen molar-refractivity contribution in [3.63, 3.8) is 0 Å². The van der Waals surface area contributed by atoms with E-state index in [1.54, 1.807) is 6.92 Å². The fraction of sp³-hybridized carbons (Fsp3) is 0.294. The summed E-state index contributed by atoms with van der Waals surface area (Å²) in [5.74, 6) is -1.37. The van der Waals surface area contributed by atoms with Gasteiger partial charge in [0.2, 0.25) is 5.89 Å². The van der Waals surface area contributed by atoms with E-state index >= 15 is 0 Å². The van der Waals surface area contributed by atoms with Crippen LogP contribution in [0.25, 0.3) is 10.8 Å². The lowest BCUT2D eigenvalue weighted by molar-refractivity contribution is -0.157. The van der Waals surface area contributed by atoms with Gasteiger partial charge in [-0.2, -0.15) is 13.2 Å². The van der Waals surface area contributed by atoms with Crippen LogP contribution in [0.15, 0.2) is 46.9 Å². The molecule has 0 saturated heterocycles. The van der Waals surface area contributed by atoms with Gasteiger partial charge in [0.15, 0.2) is 0 Å². The second-order valence-electron chi connectivity index (χ2n) is 5.67. The summed E-state index contributed by atoms with van der Waals surface area (Å²) < 4.78 is 42.5. The Balaban J connectivity index is 1.81. The van der Waals surface area contributed by atoms with Crippen LogP contribution in [0, 0.1) is 0 Å². The van der Waals surface area contributed by atoms with Crippen LogP contribution < -0.4 is 0 Å². The highest BCUT2D eigenvalue weighted by Crippen LogP contribution is 2.30. The summed E-state index contributed by atoms with van der Waals surface area (Å²) in [6.07, 6.45) is -4.63. The van der Waals surface area contributed by atoms with Crippen molar-refractivity contribution < 1.29 is 17.6 Å². The Morgan fingerprint density at radius 3 is 2.50 bits per heavy atom. The molecule has 1 unspecified atom stereocenters. The zero-order chi connectivity index (χ0) is 17.3. The van der Waals surface area contributed by atoms with Gasteiger partial charge in [-0.15, -0.1) is 10.2 Å². The van der Waals surface area contributed by atoms with Crippen molar-refractivity contribution in [1.29, 1.82) is 0 Å². The van der Waals surface area contributed by atoms with Crippen molar-refractivity contribution in [2.45, 2.75) is 25.7 Å². The number of halogens is 3. The average Bonchev–Trinajstić information content (AvgIpc) is 3.04. The Morgan fingerprint density at radius 2 is 1.79 bits per heavy atom. The third kappa shape index (κ3) is 3.26. The van der Waals surface area contributed by atoms with E-state index in [1.807, 2.05) is 54.4 Å². The zero-order valence-corrected chi connectivity index (χ0v) is 13.2. The smallest absolute Gasteiger partial charge is 0.416 e. The Kier molecular flexibility index (Phi) is 4.28. The maximum Gasteiger partial charge on any atom is 0.470 e. The second-order valence-corrected chi connectivity index (χ2v) is 5.67. The van der Waals surface area contributed by atoms with Crippen LogP contribution in [0.4, 0.5) is 13.2 Å². The Labute approximate surface area is 136 Å². The maximum absolute atomic E-state index is 12.6. The molecule has 0 bridgehead atoms. The van der Waals surface area contributed by atoms with Crippen molar-refractivity contribution in [1.82, 2.24) is 15.1 Å². The van der Waals surface area contributed by atoms with E-state index in [4.69, 9.17) is 4.42 Å². The Bertz CT molecular complexity index is 839. The lowest BCUT2D eigenvalue weighted by Crippen LogP contribution is -2.22. The zero-order valence-electron chi connectivity index (χ0n) is 13.2. The quantitative estimate of drug-likeness (QED) is 0.707. The van der Waals surface area contributed by atoms with E-state index in [9.17, 15) is 13.2 Å². The molecule has 1 heterocycles. The fourth-order valence-corrected chi connectivity index (χ4v) is 2.54. The summed E-state index contributed by atoms with van der Waals surface area (Å²) >= 11 is 0. The van der Waals surface area contributed by atoms with Gasteiger partial charge in [-0.1, -0.05) is 42.5 Å². The van der Waals surface area contributed by atoms with Crippen LogP contribution in [0.3, 0.4) is 0 Å². The fourth-order valence-electron chi connectivity index (χ4n) is 2.54. The standard InChI is InChI=1S/C17H16F3N3O/c1-11(15-21-22-16(24-15)17(18,19)20)23(2)10-13-8-5-7-12-6-3-4-9-14(12)13/h3-9,11H,10H2,1-2H3. The first-order valence-electron chi connectivity index (χ1n) is 7.43. The molecule has 1 atom stereocenters. The third-order valence-electron chi connectivity index (χ3n) is 4.00.